The molecule has 1 aliphatic heterocycles. The SMILES string of the molecule is C=CC=N/C(=C\C)C(=O)NCC(=O)NC(C(=O)N1CCCC1C(=O)NC(CCC)C(=O)C(=O)NCC=C)C1(C)CCCCC1. The molecule has 0 aromatic heterocycles. The lowest BCUT2D eigenvalue weighted by molar-refractivity contribution is -0.146. The van der Waals surface area contributed by atoms with Gasteiger partial charge >= 0.3 is 0 Å². The topological polar surface area (TPSA) is 166 Å². The quantitative estimate of drug-likeness (QED) is 0.0899. The lowest BCUT2D eigenvalue weighted by atomic mass is 9.70. The maximum atomic E-state index is 14.1. The van der Waals surface area contributed by atoms with Crippen LogP contribution in [0.25, 0.3) is 0 Å². The van der Waals surface area contributed by atoms with Crippen LogP contribution in [0.3, 0.4) is 0 Å². The Bertz CT molecular complexity index is 1160. The van der Waals surface area contributed by atoms with Crippen LogP contribution in [0, 0.1) is 5.41 Å². The number of aliphatic imine (C=N–C) groups is 1. The molecule has 242 valence electrons. The lowest BCUT2D eigenvalue weighted by Crippen LogP contribution is -2.61. The normalized spacial score (nSPS) is 19.4. The van der Waals surface area contributed by atoms with Crippen LogP contribution in [0.4, 0.5) is 0 Å². The molecule has 0 radical (unpaired) electrons. The van der Waals surface area contributed by atoms with Crippen molar-refractivity contribution in [2.24, 2.45) is 10.4 Å². The van der Waals surface area contributed by atoms with Crippen molar-refractivity contribution in [1.29, 1.82) is 0 Å². The molecular weight excluding hydrogens is 564 g/mol. The van der Waals surface area contributed by atoms with Gasteiger partial charge in [-0.2, -0.15) is 0 Å². The van der Waals surface area contributed by atoms with Gasteiger partial charge in [0.1, 0.15) is 17.8 Å². The summed E-state index contributed by atoms with van der Waals surface area (Å²) < 4.78 is 0. The Balaban J connectivity index is 2.21. The molecule has 5 amide bonds. The van der Waals surface area contributed by atoms with E-state index in [1.165, 1.54) is 29.3 Å². The molecule has 1 saturated carbocycles. The molecule has 1 heterocycles. The van der Waals surface area contributed by atoms with E-state index in [1.807, 2.05) is 13.8 Å². The summed E-state index contributed by atoms with van der Waals surface area (Å²) in [5.74, 6) is -3.53. The van der Waals surface area contributed by atoms with Gasteiger partial charge in [0, 0.05) is 19.3 Å². The highest BCUT2D eigenvalue weighted by molar-refractivity contribution is 6.38. The molecule has 4 N–H and O–H groups in total. The molecule has 44 heavy (non-hydrogen) atoms. The van der Waals surface area contributed by atoms with E-state index in [2.05, 4.69) is 39.4 Å². The first-order valence-corrected chi connectivity index (χ1v) is 15.5. The lowest BCUT2D eigenvalue weighted by Gasteiger charge is -2.42. The van der Waals surface area contributed by atoms with E-state index < -0.39 is 53.0 Å². The number of hydrogen-bond acceptors (Lipinski definition) is 7. The second-order valence-corrected chi connectivity index (χ2v) is 11.5. The minimum atomic E-state index is -1.03. The van der Waals surface area contributed by atoms with Gasteiger partial charge in [-0.3, -0.25) is 33.8 Å². The summed E-state index contributed by atoms with van der Waals surface area (Å²) in [5, 5.41) is 10.6. The predicted molar refractivity (Wildman–Crippen MR) is 168 cm³/mol. The Hall–Kier alpha value is -4.09. The fourth-order valence-corrected chi connectivity index (χ4v) is 5.75. The summed E-state index contributed by atoms with van der Waals surface area (Å²) in [6.07, 6.45) is 11.8. The molecule has 0 aromatic carbocycles. The number of Topliss-reactive ketones (excluding diaryl/α,β-unsaturated/α-hetero) is 1. The minimum Gasteiger partial charge on any atom is -0.346 e. The van der Waals surface area contributed by atoms with E-state index in [0.717, 1.165) is 19.3 Å². The molecule has 12 heteroatoms. The van der Waals surface area contributed by atoms with Crippen LogP contribution in [-0.4, -0.2) is 84.2 Å². The predicted octanol–water partition coefficient (Wildman–Crippen LogP) is 1.87. The number of nitrogens with one attached hydrogen (secondary N) is 4. The summed E-state index contributed by atoms with van der Waals surface area (Å²) in [5.41, 5.74) is -0.431. The number of hydrogen-bond donors (Lipinski definition) is 4. The standard InChI is InChI=1S/C32H48N6O6/c1-6-14-23(26(40)30(43)34-19-8-3)36-29(42)24-15-13-20-38(24)31(44)27(32(5)16-11-10-12-17-32)37-25(39)21-35-28(41)22(9-4)33-18-7-2/h7-9,18,23-24,27H,2-3,6,10-17,19-21H2,1,4-5H3,(H,34,43)(H,35,41)(H,36,42)(H,37,39)/b22-9-,33-18?. The number of nitrogens with zero attached hydrogens (tertiary/aromatic N) is 2. The summed E-state index contributed by atoms with van der Waals surface area (Å²) in [6, 6.07) is -2.79. The molecule has 3 atom stereocenters. The highest BCUT2D eigenvalue weighted by Crippen LogP contribution is 2.40. The van der Waals surface area contributed by atoms with Gasteiger partial charge < -0.3 is 26.2 Å². The van der Waals surface area contributed by atoms with E-state index >= 15 is 0 Å². The van der Waals surface area contributed by atoms with Crippen molar-refractivity contribution in [3.05, 3.63) is 37.1 Å². The van der Waals surface area contributed by atoms with Crippen LogP contribution in [0.5, 0.6) is 0 Å². The summed E-state index contributed by atoms with van der Waals surface area (Å²) in [4.78, 5) is 83.7. The molecular formula is C32H48N6O6. The second-order valence-electron chi connectivity index (χ2n) is 11.5. The highest BCUT2D eigenvalue weighted by Gasteiger charge is 2.46. The number of amides is 5. The fourth-order valence-electron chi connectivity index (χ4n) is 5.75. The fraction of sp³-hybridized carbons (Fsp3) is 0.594. The van der Waals surface area contributed by atoms with Gasteiger partial charge in [-0.1, -0.05) is 64.3 Å². The van der Waals surface area contributed by atoms with E-state index in [0.29, 0.717) is 38.6 Å². The monoisotopic (exact) mass is 612 g/mol. The van der Waals surface area contributed by atoms with Crippen LogP contribution < -0.4 is 21.3 Å². The van der Waals surface area contributed by atoms with Crippen molar-refractivity contribution in [3.63, 3.8) is 0 Å². The van der Waals surface area contributed by atoms with E-state index in [1.54, 1.807) is 6.92 Å². The van der Waals surface area contributed by atoms with Crippen molar-refractivity contribution in [1.82, 2.24) is 26.2 Å². The van der Waals surface area contributed by atoms with Gasteiger partial charge in [-0.05, 0) is 44.4 Å². The first-order chi connectivity index (χ1) is 21.0. The summed E-state index contributed by atoms with van der Waals surface area (Å²) >= 11 is 0. The largest absolute Gasteiger partial charge is 0.346 e. The number of allylic oxidation sites excluding steroid dienone is 2. The second kappa shape index (κ2) is 17.9. The molecule has 0 aromatic rings. The molecule has 12 nitrogen and oxygen atoms in total. The minimum absolute atomic E-state index is 0.119. The first-order valence-electron chi connectivity index (χ1n) is 15.5. The zero-order valence-corrected chi connectivity index (χ0v) is 26.3. The number of likely N-dealkylation sites (tertiary alicyclic amines) is 1. The zero-order valence-electron chi connectivity index (χ0n) is 26.3. The maximum Gasteiger partial charge on any atom is 0.289 e. The van der Waals surface area contributed by atoms with Gasteiger partial charge in [0.25, 0.3) is 11.8 Å². The molecule has 1 saturated heterocycles. The van der Waals surface area contributed by atoms with Crippen LogP contribution in [0.1, 0.15) is 78.6 Å². The van der Waals surface area contributed by atoms with Crippen molar-refractivity contribution in [2.75, 3.05) is 19.6 Å². The Kier molecular flexibility index (Phi) is 14.7. The number of rotatable bonds is 16. The third kappa shape index (κ3) is 9.99. The molecule has 1 aliphatic carbocycles. The van der Waals surface area contributed by atoms with Crippen LogP contribution in [-0.2, 0) is 28.8 Å². The van der Waals surface area contributed by atoms with Gasteiger partial charge in [-0.15, -0.1) is 6.58 Å². The van der Waals surface area contributed by atoms with Crippen LogP contribution >= 0.6 is 0 Å². The van der Waals surface area contributed by atoms with E-state index in [9.17, 15) is 28.8 Å². The van der Waals surface area contributed by atoms with Crippen molar-refractivity contribution >= 4 is 41.5 Å². The smallest absolute Gasteiger partial charge is 0.289 e. The molecule has 2 fully saturated rings. The van der Waals surface area contributed by atoms with Gasteiger partial charge in [-0.25, -0.2) is 0 Å². The molecule has 0 bridgehead atoms. The molecule has 2 aliphatic rings. The third-order valence-corrected chi connectivity index (χ3v) is 8.16. The Labute approximate surface area is 260 Å². The average molecular weight is 613 g/mol. The van der Waals surface area contributed by atoms with Crippen molar-refractivity contribution in [3.8, 4) is 0 Å². The van der Waals surface area contributed by atoms with Crippen molar-refractivity contribution in [2.45, 2.75) is 96.7 Å². The number of carbonyl (C=O) groups is 6. The number of ketones is 1. The Morgan fingerprint density at radius 2 is 1.70 bits per heavy atom. The first kappa shape index (κ1) is 36.1. The Morgan fingerprint density at radius 3 is 2.32 bits per heavy atom. The van der Waals surface area contributed by atoms with Crippen molar-refractivity contribution < 1.29 is 28.8 Å². The highest BCUT2D eigenvalue weighted by atomic mass is 16.2. The molecule has 2 rings (SSSR count). The van der Waals surface area contributed by atoms with E-state index in [-0.39, 0.29) is 31.1 Å². The van der Waals surface area contributed by atoms with Gasteiger partial charge in [0.15, 0.2) is 0 Å². The maximum absolute atomic E-state index is 14.1. The molecule has 3 unspecified atom stereocenters. The Morgan fingerprint density at radius 1 is 1.00 bits per heavy atom. The van der Waals surface area contributed by atoms with Crippen LogP contribution in [0.15, 0.2) is 42.1 Å². The third-order valence-electron chi connectivity index (χ3n) is 8.16. The van der Waals surface area contributed by atoms with Gasteiger partial charge in [0.2, 0.25) is 23.5 Å². The van der Waals surface area contributed by atoms with Crippen LogP contribution in [0.2, 0.25) is 0 Å². The van der Waals surface area contributed by atoms with Gasteiger partial charge in [0.05, 0.1) is 12.6 Å². The summed E-state index contributed by atoms with van der Waals surface area (Å²) in [6.45, 7) is 12.6. The summed E-state index contributed by atoms with van der Waals surface area (Å²) in [7, 11) is 0. The zero-order chi connectivity index (χ0) is 32.7. The average Bonchev–Trinajstić information content (AvgIpc) is 3.51. The number of carbonyl (C=O) groups excluding carboxylic acids is 6. The van der Waals surface area contributed by atoms with E-state index in [4.69, 9.17) is 0 Å². The molecule has 0 spiro atoms.